The third kappa shape index (κ3) is 5.09. The van der Waals surface area contributed by atoms with Gasteiger partial charge in [-0.2, -0.15) is 0 Å². The molecule has 0 aliphatic heterocycles. The summed E-state index contributed by atoms with van der Waals surface area (Å²) in [7, 11) is -3.70. The van der Waals surface area contributed by atoms with E-state index < -0.39 is 9.84 Å². The predicted molar refractivity (Wildman–Crippen MR) is 117 cm³/mol. The predicted octanol–water partition coefficient (Wildman–Crippen LogP) is 3.71. The molecule has 3 aromatic rings. The highest BCUT2D eigenvalue weighted by molar-refractivity contribution is 7.91. The Bertz CT molecular complexity index is 1120. The van der Waals surface area contributed by atoms with E-state index in [1.807, 2.05) is 32.9 Å². The molecular formula is C23H28N2O4S. The van der Waals surface area contributed by atoms with Crippen molar-refractivity contribution in [2.75, 3.05) is 13.2 Å². The summed E-state index contributed by atoms with van der Waals surface area (Å²) in [6.45, 7) is 7.00. The molecule has 0 aliphatic rings. The highest BCUT2D eigenvalue weighted by atomic mass is 32.2. The van der Waals surface area contributed by atoms with Gasteiger partial charge in [0.05, 0.1) is 15.9 Å². The maximum absolute atomic E-state index is 13.2. The number of aromatic nitrogens is 1. The Morgan fingerprint density at radius 2 is 1.80 bits per heavy atom. The number of carbonyl (C=O) groups is 1. The van der Waals surface area contributed by atoms with Gasteiger partial charge in [0.2, 0.25) is 15.7 Å². The van der Waals surface area contributed by atoms with Crippen LogP contribution in [0.5, 0.6) is 0 Å². The Morgan fingerprint density at radius 1 is 1.10 bits per heavy atom. The van der Waals surface area contributed by atoms with E-state index in [0.29, 0.717) is 24.1 Å². The number of rotatable bonds is 9. The maximum atomic E-state index is 13.2. The molecule has 1 amide bonds. The molecule has 160 valence electrons. The summed E-state index contributed by atoms with van der Waals surface area (Å²) in [6.07, 6.45) is 2.45. The van der Waals surface area contributed by atoms with E-state index in [4.69, 9.17) is 4.74 Å². The molecule has 0 radical (unpaired) electrons. The molecule has 1 N–H and O–H groups in total. The van der Waals surface area contributed by atoms with Crippen molar-refractivity contribution in [3.05, 3.63) is 60.3 Å². The van der Waals surface area contributed by atoms with E-state index in [9.17, 15) is 13.2 Å². The van der Waals surface area contributed by atoms with Crippen LogP contribution in [0.3, 0.4) is 0 Å². The zero-order valence-electron chi connectivity index (χ0n) is 17.6. The van der Waals surface area contributed by atoms with Gasteiger partial charge in [0, 0.05) is 30.3 Å². The van der Waals surface area contributed by atoms with Crippen LogP contribution in [0.25, 0.3) is 10.9 Å². The van der Waals surface area contributed by atoms with E-state index in [2.05, 4.69) is 5.32 Å². The summed E-state index contributed by atoms with van der Waals surface area (Å²) in [4.78, 5) is 12.8. The van der Waals surface area contributed by atoms with Crippen molar-refractivity contribution in [2.45, 2.75) is 49.6 Å². The first kappa shape index (κ1) is 22.1. The summed E-state index contributed by atoms with van der Waals surface area (Å²) >= 11 is 0. The van der Waals surface area contributed by atoms with Gasteiger partial charge in [-0.05, 0) is 45.4 Å². The van der Waals surface area contributed by atoms with Gasteiger partial charge in [0.25, 0.3) is 0 Å². The monoisotopic (exact) mass is 428 g/mol. The number of para-hydroxylation sites is 1. The van der Waals surface area contributed by atoms with Crippen molar-refractivity contribution < 1.29 is 17.9 Å². The Kier molecular flexibility index (Phi) is 6.95. The van der Waals surface area contributed by atoms with Gasteiger partial charge in [0.1, 0.15) is 6.54 Å². The van der Waals surface area contributed by atoms with Gasteiger partial charge in [-0.3, -0.25) is 4.79 Å². The number of hydrogen-bond donors (Lipinski definition) is 1. The molecule has 6 nitrogen and oxygen atoms in total. The van der Waals surface area contributed by atoms with Crippen LogP contribution in [0.2, 0.25) is 0 Å². The number of carbonyl (C=O) groups excluding carboxylic acids is 1. The van der Waals surface area contributed by atoms with Crippen LogP contribution in [0.4, 0.5) is 0 Å². The SMILES string of the molecule is Cc1ccc(S(=O)(=O)c2cn(CC(=O)NCCCOC(C)C)c3ccccc23)cc1. The smallest absolute Gasteiger partial charge is 0.239 e. The minimum Gasteiger partial charge on any atom is -0.379 e. The van der Waals surface area contributed by atoms with Crippen molar-refractivity contribution in [3.63, 3.8) is 0 Å². The lowest BCUT2D eigenvalue weighted by molar-refractivity contribution is -0.121. The Labute approximate surface area is 177 Å². The highest BCUT2D eigenvalue weighted by Crippen LogP contribution is 2.30. The number of benzene rings is 2. The molecule has 2 aromatic carbocycles. The number of hydrogen-bond acceptors (Lipinski definition) is 4. The molecule has 0 atom stereocenters. The molecule has 0 spiro atoms. The topological polar surface area (TPSA) is 77.4 Å². The first-order valence-electron chi connectivity index (χ1n) is 10.1. The largest absolute Gasteiger partial charge is 0.379 e. The average Bonchev–Trinajstić information content (AvgIpc) is 3.07. The van der Waals surface area contributed by atoms with Crippen molar-refractivity contribution in [1.29, 1.82) is 0 Å². The molecule has 0 saturated carbocycles. The maximum Gasteiger partial charge on any atom is 0.239 e. The highest BCUT2D eigenvalue weighted by Gasteiger charge is 2.23. The second-order valence-corrected chi connectivity index (χ2v) is 9.50. The number of nitrogens with zero attached hydrogens (tertiary/aromatic N) is 1. The fourth-order valence-electron chi connectivity index (χ4n) is 3.23. The third-order valence-corrected chi connectivity index (χ3v) is 6.58. The average molecular weight is 429 g/mol. The van der Waals surface area contributed by atoms with Crippen LogP contribution >= 0.6 is 0 Å². The van der Waals surface area contributed by atoms with Crippen LogP contribution in [0, 0.1) is 6.92 Å². The van der Waals surface area contributed by atoms with E-state index in [0.717, 1.165) is 12.0 Å². The van der Waals surface area contributed by atoms with E-state index in [1.54, 1.807) is 47.2 Å². The van der Waals surface area contributed by atoms with Gasteiger partial charge >= 0.3 is 0 Å². The van der Waals surface area contributed by atoms with Crippen LogP contribution in [0.1, 0.15) is 25.8 Å². The summed E-state index contributed by atoms with van der Waals surface area (Å²) in [5, 5.41) is 3.47. The minimum atomic E-state index is -3.70. The second-order valence-electron chi connectivity index (χ2n) is 7.58. The third-order valence-electron chi connectivity index (χ3n) is 4.78. The van der Waals surface area contributed by atoms with Crippen LogP contribution in [-0.4, -0.2) is 38.1 Å². The normalized spacial score (nSPS) is 11.9. The van der Waals surface area contributed by atoms with Crippen molar-refractivity contribution in [3.8, 4) is 0 Å². The molecule has 0 unspecified atom stereocenters. The van der Waals surface area contributed by atoms with E-state index >= 15 is 0 Å². The molecule has 0 saturated heterocycles. The summed E-state index contributed by atoms with van der Waals surface area (Å²) < 4.78 is 33.6. The standard InChI is InChI=1S/C23H28N2O4S/c1-17(2)29-14-6-13-24-23(26)16-25-15-22(20-7-4-5-8-21(20)25)30(27,28)19-11-9-18(3)10-12-19/h4-5,7-12,15,17H,6,13-14,16H2,1-3H3,(H,24,26). The number of amides is 1. The minimum absolute atomic E-state index is 0.0506. The van der Waals surface area contributed by atoms with Crippen LogP contribution in [0.15, 0.2) is 64.5 Å². The number of nitrogens with one attached hydrogen (secondary N) is 1. The van der Waals surface area contributed by atoms with Crippen molar-refractivity contribution in [2.24, 2.45) is 0 Å². The van der Waals surface area contributed by atoms with Crippen molar-refractivity contribution in [1.82, 2.24) is 9.88 Å². The van der Waals surface area contributed by atoms with E-state index in [1.165, 1.54) is 0 Å². The number of fused-ring (bicyclic) bond motifs is 1. The molecule has 0 aliphatic carbocycles. The Morgan fingerprint density at radius 3 is 2.50 bits per heavy atom. The zero-order chi connectivity index (χ0) is 21.7. The van der Waals surface area contributed by atoms with Crippen LogP contribution in [-0.2, 0) is 25.9 Å². The molecule has 1 aromatic heterocycles. The van der Waals surface area contributed by atoms with Crippen LogP contribution < -0.4 is 5.32 Å². The van der Waals surface area contributed by atoms with Gasteiger partial charge in [-0.15, -0.1) is 0 Å². The number of aryl methyl sites for hydroxylation is 1. The fourth-order valence-corrected chi connectivity index (χ4v) is 4.71. The molecule has 0 bridgehead atoms. The first-order chi connectivity index (χ1) is 14.3. The zero-order valence-corrected chi connectivity index (χ0v) is 18.4. The molecule has 1 heterocycles. The van der Waals surface area contributed by atoms with Crippen molar-refractivity contribution >= 4 is 26.6 Å². The van der Waals surface area contributed by atoms with Gasteiger partial charge < -0.3 is 14.6 Å². The lowest BCUT2D eigenvalue weighted by Gasteiger charge is -2.09. The quantitative estimate of drug-likeness (QED) is 0.527. The summed E-state index contributed by atoms with van der Waals surface area (Å²) in [5.41, 5.74) is 1.70. The molecule has 7 heteroatoms. The van der Waals surface area contributed by atoms with E-state index in [-0.39, 0.29) is 28.3 Å². The summed E-state index contributed by atoms with van der Waals surface area (Å²) in [5.74, 6) is -0.167. The molecule has 0 fully saturated rings. The lowest BCUT2D eigenvalue weighted by Crippen LogP contribution is -2.29. The Hall–Kier alpha value is -2.64. The first-order valence-corrected chi connectivity index (χ1v) is 11.6. The summed E-state index contributed by atoms with van der Waals surface area (Å²) in [6, 6.07) is 14.0. The Balaban J connectivity index is 1.81. The molecule has 3 rings (SSSR count). The molecular weight excluding hydrogens is 400 g/mol. The fraction of sp³-hybridized carbons (Fsp3) is 0.348. The van der Waals surface area contributed by atoms with Gasteiger partial charge in [0.15, 0.2) is 0 Å². The lowest BCUT2D eigenvalue weighted by atomic mass is 10.2. The van der Waals surface area contributed by atoms with Gasteiger partial charge in [-0.1, -0.05) is 35.9 Å². The second kappa shape index (κ2) is 9.45. The number of ether oxygens (including phenoxy) is 1. The molecule has 30 heavy (non-hydrogen) atoms. The van der Waals surface area contributed by atoms with Gasteiger partial charge in [-0.25, -0.2) is 8.42 Å². The number of sulfone groups is 1.